The van der Waals surface area contributed by atoms with Crippen LogP contribution >= 0.6 is 0 Å². The van der Waals surface area contributed by atoms with Gasteiger partial charge in [0.15, 0.2) is 5.78 Å². The minimum atomic E-state index is -0.709. The van der Waals surface area contributed by atoms with E-state index in [0.717, 1.165) is 5.56 Å². The van der Waals surface area contributed by atoms with Crippen molar-refractivity contribution in [3.8, 4) is 0 Å². The minimum Gasteiger partial charge on any atom is -0.461 e. The predicted molar refractivity (Wildman–Crippen MR) is 82.5 cm³/mol. The lowest BCUT2D eigenvalue weighted by molar-refractivity contribution is -0.150. The second kappa shape index (κ2) is 8.37. The average Bonchev–Trinajstić information content (AvgIpc) is 2.49. The summed E-state index contributed by atoms with van der Waals surface area (Å²) in [4.78, 5) is 24.3. The van der Waals surface area contributed by atoms with Gasteiger partial charge in [0.05, 0.1) is 12.0 Å². The van der Waals surface area contributed by atoms with Crippen LogP contribution in [0, 0.1) is 11.8 Å². The Balaban J connectivity index is 2.72. The van der Waals surface area contributed by atoms with E-state index in [0.29, 0.717) is 0 Å². The van der Waals surface area contributed by atoms with E-state index >= 15 is 0 Å². The van der Waals surface area contributed by atoms with Crippen LogP contribution in [0.1, 0.15) is 31.9 Å². The SMILES string of the molecule is C=CCOC(=O)[C@@H](CC(=O)[C@@H](N)c1ccccc1)C(C)C. The van der Waals surface area contributed by atoms with Gasteiger partial charge in [-0.2, -0.15) is 0 Å². The summed E-state index contributed by atoms with van der Waals surface area (Å²) >= 11 is 0. The second-order valence-electron chi connectivity index (χ2n) is 5.33. The highest BCUT2D eigenvalue weighted by Gasteiger charge is 2.28. The molecule has 114 valence electrons. The molecule has 0 saturated carbocycles. The van der Waals surface area contributed by atoms with E-state index in [1.807, 2.05) is 44.2 Å². The van der Waals surface area contributed by atoms with E-state index in [1.54, 1.807) is 0 Å². The molecule has 0 amide bonds. The van der Waals surface area contributed by atoms with E-state index in [1.165, 1.54) is 6.08 Å². The highest BCUT2D eigenvalue weighted by molar-refractivity contribution is 5.89. The summed E-state index contributed by atoms with van der Waals surface area (Å²) in [6.07, 6.45) is 1.59. The molecule has 21 heavy (non-hydrogen) atoms. The van der Waals surface area contributed by atoms with Crippen molar-refractivity contribution in [1.29, 1.82) is 0 Å². The van der Waals surface area contributed by atoms with E-state index in [4.69, 9.17) is 10.5 Å². The molecule has 1 aromatic carbocycles. The molecule has 0 aliphatic heterocycles. The molecule has 0 aliphatic rings. The van der Waals surface area contributed by atoms with Crippen LogP contribution in [0.3, 0.4) is 0 Å². The number of hydrogen-bond acceptors (Lipinski definition) is 4. The summed E-state index contributed by atoms with van der Waals surface area (Å²) in [6.45, 7) is 7.44. The van der Waals surface area contributed by atoms with Gasteiger partial charge in [-0.05, 0) is 11.5 Å². The number of ether oxygens (including phenoxy) is 1. The normalized spacial score (nSPS) is 13.5. The quantitative estimate of drug-likeness (QED) is 0.590. The molecule has 0 saturated heterocycles. The fraction of sp³-hybridized carbons (Fsp3) is 0.412. The van der Waals surface area contributed by atoms with E-state index < -0.39 is 12.0 Å². The standard InChI is InChI=1S/C17H23NO3/c1-4-10-21-17(20)14(12(2)3)11-15(19)16(18)13-8-6-5-7-9-13/h4-9,12,14,16H,1,10-11,18H2,2-3H3/t14-,16-/m0/s1. The van der Waals surface area contributed by atoms with Gasteiger partial charge in [0.1, 0.15) is 6.61 Å². The van der Waals surface area contributed by atoms with Crippen LogP contribution in [-0.4, -0.2) is 18.4 Å². The van der Waals surface area contributed by atoms with E-state index in [-0.39, 0.29) is 30.7 Å². The third kappa shape index (κ3) is 5.16. The van der Waals surface area contributed by atoms with Crippen LogP contribution in [-0.2, 0) is 14.3 Å². The first-order valence-electron chi connectivity index (χ1n) is 7.08. The van der Waals surface area contributed by atoms with Crippen LogP contribution < -0.4 is 5.73 Å². The van der Waals surface area contributed by atoms with Gasteiger partial charge in [-0.3, -0.25) is 9.59 Å². The van der Waals surface area contributed by atoms with Crippen molar-refractivity contribution in [2.24, 2.45) is 17.6 Å². The van der Waals surface area contributed by atoms with Gasteiger partial charge < -0.3 is 10.5 Å². The predicted octanol–water partition coefficient (Wildman–Crippen LogP) is 2.65. The third-order valence-corrected chi connectivity index (χ3v) is 3.38. The molecular weight excluding hydrogens is 266 g/mol. The highest BCUT2D eigenvalue weighted by Crippen LogP contribution is 2.22. The van der Waals surface area contributed by atoms with Gasteiger partial charge in [0, 0.05) is 6.42 Å². The summed E-state index contributed by atoms with van der Waals surface area (Å²) in [5.41, 5.74) is 6.72. The summed E-state index contributed by atoms with van der Waals surface area (Å²) in [5, 5.41) is 0. The molecule has 0 aromatic heterocycles. The maximum Gasteiger partial charge on any atom is 0.309 e. The molecule has 0 bridgehead atoms. The van der Waals surface area contributed by atoms with Crippen molar-refractivity contribution in [2.45, 2.75) is 26.3 Å². The molecule has 0 heterocycles. The molecule has 1 aromatic rings. The third-order valence-electron chi connectivity index (χ3n) is 3.38. The van der Waals surface area contributed by atoms with Crippen molar-refractivity contribution >= 4 is 11.8 Å². The average molecular weight is 289 g/mol. The zero-order valence-corrected chi connectivity index (χ0v) is 12.6. The zero-order valence-electron chi connectivity index (χ0n) is 12.6. The lowest BCUT2D eigenvalue weighted by Crippen LogP contribution is -2.30. The number of carbonyl (C=O) groups excluding carboxylic acids is 2. The van der Waals surface area contributed by atoms with Gasteiger partial charge in [-0.15, -0.1) is 0 Å². The fourth-order valence-corrected chi connectivity index (χ4v) is 2.03. The molecule has 0 fully saturated rings. The van der Waals surface area contributed by atoms with Crippen molar-refractivity contribution in [3.63, 3.8) is 0 Å². The molecule has 0 radical (unpaired) electrons. The van der Waals surface area contributed by atoms with Gasteiger partial charge in [0.2, 0.25) is 0 Å². The van der Waals surface area contributed by atoms with Crippen molar-refractivity contribution < 1.29 is 14.3 Å². The number of carbonyl (C=O) groups is 2. The maximum atomic E-state index is 12.3. The van der Waals surface area contributed by atoms with Gasteiger partial charge in [-0.1, -0.05) is 56.8 Å². The largest absolute Gasteiger partial charge is 0.461 e. The number of ketones is 1. The summed E-state index contributed by atoms with van der Waals surface area (Å²) in [7, 11) is 0. The monoisotopic (exact) mass is 289 g/mol. The molecule has 1 rings (SSSR count). The van der Waals surface area contributed by atoms with E-state index in [2.05, 4.69) is 6.58 Å². The van der Waals surface area contributed by atoms with Crippen LogP contribution in [0.25, 0.3) is 0 Å². The first-order valence-corrected chi connectivity index (χ1v) is 7.08. The summed E-state index contributed by atoms with van der Waals surface area (Å²) in [6, 6.07) is 8.44. The molecule has 0 unspecified atom stereocenters. The number of nitrogens with two attached hydrogens (primary N) is 1. The molecule has 0 spiro atoms. The van der Waals surface area contributed by atoms with E-state index in [9.17, 15) is 9.59 Å². The van der Waals surface area contributed by atoms with Crippen LogP contribution in [0.2, 0.25) is 0 Å². The Hall–Kier alpha value is -1.94. The number of esters is 1. The smallest absolute Gasteiger partial charge is 0.309 e. The molecule has 4 heteroatoms. The summed E-state index contributed by atoms with van der Waals surface area (Å²) < 4.78 is 5.05. The number of hydrogen-bond donors (Lipinski definition) is 1. The number of rotatable bonds is 8. The Labute approximate surface area is 126 Å². The van der Waals surface area contributed by atoms with Crippen molar-refractivity contribution in [1.82, 2.24) is 0 Å². The van der Waals surface area contributed by atoms with Crippen LogP contribution in [0.5, 0.6) is 0 Å². The molecule has 2 N–H and O–H groups in total. The van der Waals surface area contributed by atoms with Crippen LogP contribution in [0.15, 0.2) is 43.0 Å². The first kappa shape index (κ1) is 17.1. The number of Topliss-reactive ketones (excluding diaryl/α,β-unsaturated/α-hetero) is 1. The van der Waals surface area contributed by atoms with Crippen molar-refractivity contribution in [2.75, 3.05) is 6.61 Å². The minimum absolute atomic E-state index is 0.00855. The molecule has 0 aliphatic carbocycles. The zero-order chi connectivity index (χ0) is 15.8. The number of benzene rings is 1. The van der Waals surface area contributed by atoms with Gasteiger partial charge in [-0.25, -0.2) is 0 Å². The molecule has 2 atom stereocenters. The fourth-order valence-electron chi connectivity index (χ4n) is 2.03. The van der Waals surface area contributed by atoms with Crippen molar-refractivity contribution in [3.05, 3.63) is 48.6 Å². The lowest BCUT2D eigenvalue weighted by atomic mass is 9.88. The Kier molecular flexibility index (Phi) is 6.82. The van der Waals surface area contributed by atoms with Crippen LogP contribution in [0.4, 0.5) is 0 Å². The highest BCUT2D eigenvalue weighted by atomic mass is 16.5. The first-order chi connectivity index (χ1) is 9.97. The topological polar surface area (TPSA) is 69.4 Å². The lowest BCUT2D eigenvalue weighted by Gasteiger charge is -2.20. The Bertz CT molecular complexity index is 482. The van der Waals surface area contributed by atoms with Gasteiger partial charge >= 0.3 is 5.97 Å². The molecule has 4 nitrogen and oxygen atoms in total. The Morgan fingerprint density at radius 3 is 2.43 bits per heavy atom. The second-order valence-corrected chi connectivity index (χ2v) is 5.33. The maximum absolute atomic E-state index is 12.3. The Morgan fingerprint density at radius 2 is 1.90 bits per heavy atom. The van der Waals surface area contributed by atoms with Gasteiger partial charge in [0.25, 0.3) is 0 Å². The summed E-state index contributed by atoms with van der Waals surface area (Å²) in [5.74, 6) is -1.00. The molecular formula is C17H23NO3. The Morgan fingerprint density at radius 1 is 1.29 bits per heavy atom.